The van der Waals surface area contributed by atoms with E-state index < -0.39 is 0 Å². The monoisotopic (exact) mass is 274 g/mol. The number of hydrogen-bond donors (Lipinski definition) is 1. The smallest absolute Gasteiger partial charge is 0.219 e. The highest BCUT2D eigenvalue weighted by atomic mass is 35.5. The third kappa shape index (κ3) is 2.15. The van der Waals surface area contributed by atoms with Crippen molar-refractivity contribution in [3.63, 3.8) is 0 Å². The number of aromatic nitrogens is 1. The molecule has 19 heavy (non-hydrogen) atoms. The van der Waals surface area contributed by atoms with E-state index in [1.54, 1.807) is 6.92 Å². The minimum atomic E-state index is 0.136. The second-order valence-electron chi connectivity index (χ2n) is 4.81. The Balaban J connectivity index is 1.98. The SMILES string of the molecule is CC(=O)N1CC=C(c2c[nH]c3c(Cl)cccc23)CC1. The van der Waals surface area contributed by atoms with E-state index in [0.717, 1.165) is 28.9 Å². The van der Waals surface area contributed by atoms with E-state index in [-0.39, 0.29) is 5.91 Å². The molecule has 0 unspecified atom stereocenters. The van der Waals surface area contributed by atoms with Crippen molar-refractivity contribution in [1.29, 1.82) is 0 Å². The minimum Gasteiger partial charge on any atom is -0.359 e. The number of para-hydroxylation sites is 1. The van der Waals surface area contributed by atoms with Crippen LogP contribution in [0.5, 0.6) is 0 Å². The first-order chi connectivity index (χ1) is 9.16. The number of hydrogen-bond acceptors (Lipinski definition) is 1. The minimum absolute atomic E-state index is 0.136. The first-order valence-corrected chi connectivity index (χ1v) is 6.75. The van der Waals surface area contributed by atoms with Crippen LogP contribution < -0.4 is 0 Å². The number of nitrogens with one attached hydrogen (secondary N) is 1. The standard InChI is InChI=1S/C15H15ClN2O/c1-10(19)18-7-5-11(6-8-18)13-9-17-15-12(13)3-2-4-14(15)16/h2-5,9,17H,6-8H2,1H3. The molecule has 0 spiro atoms. The lowest BCUT2D eigenvalue weighted by molar-refractivity contribution is -0.128. The van der Waals surface area contributed by atoms with Crippen LogP contribution in [-0.2, 0) is 4.79 Å². The summed E-state index contributed by atoms with van der Waals surface area (Å²) in [5.41, 5.74) is 3.46. The summed E-state index contributed by atoms with van der Waals surface area (Å²) in [5, 5.41) is 1.89. The van der Waals surface area contributed by atoms with Gasteiger partial charge in [-0.05, 0) is 18.1 Å². The normalized spacial score (nSPS) is 15.7. The molecule has 3 rings (SSSR count). The molecule has 2 aromatic rings. The second kappa shape index (κ2) is 4.74. The summed E-state index contributed by atoms with van der Waals surface area (Å²) in [5.74, 6) is 0.136. The summed E-state index contributed by atoms with van der Waals surface area (Å²) >= 11 is 6.17. The Bertz CT molecular complexity index is 672. The van der Waals surface area contributed by atoms with Gasteiger partial charge in [0, 0.05) is 37.2 Å². The molecule has 0 bridgehead atoms. The topological polar surface area (TPSA) is 36.1 Å². The number of nitrogens with zero attached hydrogens (tertiary/aromatic N) is 1. The van der Waals surface area contributed by atoms with Crippen molar-refractivity contribution < 1.29 is 4.79 Å². The molecule has 0 saturated heterocycles. The molecule has 0 radical (unpaired) electrons. The molecule has 0 atom stereocenters. The van der Waals surface area contributed by atoms with Gasteiger partial charge in [0.25, 0.3) is 0 Å². The third-order valence-electron chi connectivity index (χ3n) is 3.67. The lowest BCUT2D eigenvalue weighted by atomic mass is 9.99. The highest BCUT2D eigenvalue weighted by Crippen LogP contribution is 2.32. The molecule has 98 valence electrons. The fourth-order valence-electron chi connectivity index (χ4n) is 2.58. The van der Waals surface area contributed by atoms with E-state index in [1.807, 2.05) is 23.2 Å². The lowest BCUT2D eigenvalue weighted by Gasteiger charge is -2.25. The Hall–Kier alpha value is -1.74. The number of amides is 1. The maximum Gasteiger partial charge on any atom is 0.219 e. The maximum absolute atomic E-state index is 11.3. The van der Waals surface area contributed by atoms with Crippen molar-refractivity contribution in [2.45, 2.75) is 13.3 Å². The maximum atomic E-state index is 11.3. The average Bonchev–Trinajstić information content (AvgIpc) is 2.84. The van der Waals surface area contributed by atoms with Crippen LogP contribution in [0.2, 0.25) is 5.02 Å². The molecular weight excluding hydrogens is 260 g/mol. The number of halogens is 1. The van der Waals surface area contributed by atoms with Crippen LogP contribution in [0.15, 0.2) is 30.5 Å². The summed E-state index contributed by atoms with van der Waals surface area (Å²) in [6.45, 7) is 3.09. The summed E-state index contributed by atoms with van der Waals surface area (Å²) in [6, 6.07) is 5.93. The number of benzene rings is 1. The molecule has 1 aliphatic rings. The van der Waals surface area contributed by atoms with Gasteiger partial charge >= 0.3 is 0 Å². The van der Waals surface area contributed by atoms with Crippen LogP contribution in [0.4, 0.5) is 0 Å². The fraction of sp³-hybridized carbons (Fsp3) is 0.267. The predicted molar refractivity (Wildman–Crippen MR) is 78.2 cm³/mol. The van der Waals surface area contributed by atoms with Crippen molar-refractivity contribution in [3.8, 4) is 0 Å². The first kappa shape index (κ1) is 12.3. The van der Waals surface area contributed by atoms with Crippen LogP contribution in [-0.4, -0.2) is 28.9 Å². The number of fused-ring (bicyclic) bond motifs is 1. The number of carbonyl (C=O) groups excluding carboxylic acids is 1. The van der Waals surface area contributed by atoms with Gasteiger partial charge in [-0.25, -0.2) is 0 Å². The van der Waals surface area contributed by atoms with E-state index in [2.05, 4.69) is 17.1 Å². The molecular formula is C15H15ClN2O. The zero-order chi connectivity index (χ0) is 13.4. The van der Waals surface area contributed by atoms with Crippen LogP contribution in [0.25, 0.3) is 16.5 Å². The molecule has 4 heteroatoms. The first-order valence-electron chi connectivity index (χ1n) is 6.37. The summed E-state index contributed by atoms with van der Waals surface area (Å²) in [7, 11) is 0. The predicted octanol–water partition coefficient (Wildman–Crippen LogP) is 3.46. The Labute approximate surface area is 116 Å². The number of H-pyrrole nitrogens is 1. The van der Waals surface area contributed by atoms with Crippen LogP contribution in [0.1, 0.15) is 18.9 Å². The van der Waals surface area contributed by atoms with Gasteiger partial charge in [-0.1, -0.05) is 29.8 Å². The Kier molecular flexibility index (Phi) is 3.07. The lowest BCUT2D eigenvalue weighted by Crippen LogP contribution is -2.32. The highest BCUT2D eigenvalue weighted by Gasteiger charge is 2.17. The van der Waals surface area contributed by atoms with E-state index in [4.69, 9.17) is 11.6 Å². The molecule has 2 heterocycles. The zero-order valence-electron chi connectivity index (χ0n) is 10.7. The number of aromatic amines is 1. The van der Waals surface area contributed by atoms with Crippen molar-refractivity contribution in [1.82, 2.24) is 9.88 Å². The molecule has 1 aromatic heterocycles. The van der Waals surface area contributed by atoms with Crippen molar-refractivity contribution >= 4 is 34.0 Å². The van der Waals surface area contributed by atoms with Gasteiger partial charge in [0.15, 0.2) is 0 Å². The van der Waals surface area contributed by atoms with Gasteiger partial charge < -0.3 is 9.88 Å². The Morgan fingerprint density at radius 1 is 1.42 bits per heavy atom. The Morgan fingerprint density at radius 3 is 2.95 bits per heavy atom. The second-order valence-corrected chi connectivity index (χ2v) is 5.22. The van der Waals surface area contributed by atoms with Crippen molar-refractivity contribution in [2.24, 2.45) is 0 Å². The molecule has 3 nitrogen and oxygen atoms in total. The quantitative estimate of drug-likeness (QED) is 0.849. The van der Waals surface area contributed by atoms with Crippen LogP contribution >= 0.6 is 11.6 Å². The largest absolute Gasteiger partial charge is 0.359 e. The third-order valence-corrected chi connectivity index (χ3v) is 3.98. The van der Waals surface area contributed by atoms with Crippen LogP contribution in [0.3, 0.4) is 0 Å². The molecule has 1 aromatic carbocycles. The molecule has 1 aliphatic heterocycles. The van der Waals surface area contributed by atoms with Gasteiger partial charge in [0.05, 0.1) is 10.5 Å². The van der Waals surface area contributed by atoms with Crippen molar-refractivity contribution in [3.05, 3.63) is 41.1 Å². The molecule has 1 amide bonds. The van der Waals surface area contributed by atoms with Gasteiger partial charge in [0.2, 0.25) is 5.91 Å². The highest BCUT2D eigenvalue weighted by molar-refractivity contribution is 6.35. The fourth-order valence-corrected chi connectivity index (χ4v) is 2.81. The summed E-state index contributed by atoms with van der Waals surface area (Å²) in [4.78, 5) is 16.4. The van der Waals surface area contributed by atoms with E-state index in [1.165, 1.54) is 11.1 Å². The average molecular weight is 275 g/mol. The van der Waals surface area contributed by atoms with Gasteiger partial charge in [-0.3, -0.25) is 4.79 Å². The van der Waals surface area contributed by atoms with E-state index in [0.29, 0.717) is 6.54 Å². The van der Waals surface area contributed by atoms with Gasteiger partial charge in [0.1, 0.15) is 0 Å². The molecule has 0 fully saturated rings. The number of carbonyl (C=O) groups is 1. The van der Waals surface area contributed by atoms with Crippen LogP contribution in [0, 0.1) is 0 Å². The zero-order valence-corrected chi connectivity index (χ0v) is 11.5. The van der Waals surface area contributed by atoms with E-state index in [9.17, 15) is 4.79 Å². The van der Waals surface area contributed by atoms with Gasteiger partial charge in [-0.15, -0.1) is 0 Å². The van der Waals surface area contributed by atoms with E-state index >= 15 is 0 Å². The number of rotatable bonds is 1. The summed E-state index contributed by atoms with van der Waals surface area (Å²) in [6.07, 6.45) is 5.03. The molecule has 1 N–H and O–H groups in total. The summed E-state index contributed by atoms with van der Waals surface area (Å²) < 4.78 is 0. The molecule has 0 saturated carbocycles. The van der Waals surface area contributed by atoms with Gasteiger partial charge in [-0.2, -0.15) is 0 Å². The molecule has 0 aliphatic carbocycles. The Morgan fingerprint density at radius 2 is 2.26 bits per heavy atom. The van der Waals surface area contributed by atoms with Crippen molar-refractivity contribution in [2.75, 3.05) is 13.1 Å².